The van der Waals surface area contributed by atoms with Gasteiger partial charge in [0.15, 0.2) is 0 Å². The number of carbonyl (C=O) groups excluding carboxylic acids is 1. The van der Waals surface area contributed by atoms with Crippen LogP contribution >= 0.6 is 0 Å². The maximum atomic E-state index is 13.2. The van der Waals surface area contributed by atoms with Gasteiger partial charge in [0.2, 0.25) is 5.91 Å². The van der Waals surface area contributed by atoms with E-state index in [0.29, 0.717) is 24.9 Å². The molecule has 0 saturated carbocycles. The van der Waals surface area contributed by atoms with E-state index in [2.05, 4.69) is 4.90 Å². The molecule has 0 N–H and O–H groups in total. The quantitative estimate of drug-likeness (QED) is 0.831. The molecule has 2 atom stereocenters. The van der Waals surface area contributed by atoms with E-state index < -0.39 is 0 Å². The fraction of sp³-hybridized carbons (Fsp3) is 0.588. The minimum absolute atomic E-state index is 0.174. The molecule has 120 valence electrons. The molecule has 0 aliphatic carbocycles. The fourth-order valence-electron chi connectivity index (χ4n) is 3.66. The average molecular weight is 306 g/mol. The Morgan fingerprint density at radius 2 is 2.00 bits per heavy atom. The van der Waals surface area contributed by atoms with Crippen molar-refractivity contribution in [3.8, 4) is 0 Å². The van der Waals surface area contributed by atoms with E-state index in [0.717, 1.165) is 38.3 Å². The second-order valence-corrected chi connectivity index (χ2v) is 6.39. The monoisotopic (exact) mass is 306 g/mol. The summed E-state index contributed by atoms with van der Waals surface area (Å²) in [7, 11) is 1.62. The highest BCUT2D eigenvalue weighted by Crippen LogP contribution is 2.32. The van der Waals surface area contributed by atoms with Gasteiger partial charge >= 0.3 is 0 Å². The molecule has 0 aromatic heterocycles. The van der Waals surface area contributed by atoms with Crippen molar-refractivity contribution < 1.29 is 13.9 Å². The zero-order valence-electron chi connectivity index (χ0n) is 13.0. The highest BCUT2D eigenvalue weighted by atomic mass is 19.1. The molecule has 0 radical (unpaired) electrons. The lowest BCUT2D eigenvalue weighted by Crippen LogP contribution is -2.33. The van der Waals surface area contributed by atoms with Crippen molar-refractivity contribution in [3.63, 3.8) is 0 Å². The maximum Gasteiger partial charge on any atom is 0.224 e. The third kappa shape index (κ3) is 3.47. The van der Waals surface area contributed by atoms with Crippen LogP contribution in [-0.2, 0) is 16.1 Å². The summed E-state index contributed by atoms with van der Waals surface area (Å²) in [6.45, 7) is 4.99. The Balaban J connectivity index is 1.50. The van der Waals surface area contributed by atoms with Crippen molar-refractivity contribution in [2.24, 2.45) is 11.8 Å². The lowest BCUT2D eigenvalue weighted by Gasteiger charge is -2.21. The summed E-state index contributed by atoms with van der Waals surface area (Å²) in [6.07, 6.45) is 0.475. The molecule has 2 heterocycles. The molecule has 2 saturated heterocycles. The number of ether oxygens (including phenoxy) is 1. The summed E-state index contributed by atoms with van der Waals surface area (Å²) in [5.74, 6) is 1.14. The second-order valence-electron chi connectivity index (χ2n) is 6.39. The first-order chi connectivity index (χ1) is 10.7. The summed E-state index contributed by atoms with van der Waals surface area (Å²) >= 11 is 0. The predicted molar refractivity (Wildman–Crippen MR) is 81.7 cm³/mol. The van der Waals surface area contributed by atoms with Gasteiger partial charge in [0, 0.05) is 39.8 Å². The number of benzene rings is 1. The number of amides is 1. The van der Waals surface area contributed by atoms with Gasteiger partial charge in [-0.25, -0.2) is 4.39 Å². The second kappa shape index (κ2) is 6.75. The number of nitrogens with zero attached hydrogens (tertiary/aromatic N) is 2. The Bertz CT molecular complexity index is 523. The molecule has 2 unspecified atom stereocenters. The van der Waals surface area contributed by atoms with Crippen LogP contribution in [0.3, 0.4) is 0 Å². The van der Waals surface area contributed by atoms with E-state index >= 15 is 0 Å². The SMILES string of the molecule is COCCC(=O)N1CC2CN(Cc3cccc(F)c3)CC2C1. The lowest BCUT2D eigenvalue weighted by molar-refractivity contribution is -0.131. The van der Waals surface area contributed by atoms with Gasteiger partial charge in [0.05, 0.1) is 13.0 Å². The van der Waals surface area contributed by atoms with Gasteiger partial charge in [-0.3, -0.25) is 9.69 Å². The van der Waals surface area contributed by atoms with E-state index in [4.69, 9.17) is 4.74 Å². The Morgan fingerprint density at radius 3 is 2.64 bits per heavy atom. The van der Waals surface area contributed by atoms with Crippen LogP contribution in [0, 0.1) is 17.7 Å². The first-order valence-electron chi connectivity index (χ1n) is 7.89. The fourth-order valence-corrected chi connectivity index (χ4v) is 3.66. The van der Waals surface area contributed by atoms with E-state index in [-0.39, 0.29) is 11.7 Å². The van der Waals surface area contributed by atoms with Crippen molar-refractivity contribution in [1.82, 2.24) is 9.80 Å². The van der Waals surface area contributed by atoms with Crippen LogP contribution in [0.1, 0.15) is 12.0 Å². The number of hydrogen-bond acceptors (Lipinski definition) is 3. The highest BCUT2D eigenvalue weighted by molar-refractivity contribution is 5.76. The predicted octanol–water partition coefficient (Wildman–Crippen LogP) is 1.75. The maximum absolute atomic E-state index is 13.2. The molecule has 0 spiro atoms. The number of likely N-dealkylation sites (tertiary alicyclic amines) is 2. The van der Waals surface area contributed by atoms with Crippen LogP contribution in [0.25, 0.3) is 0 Å². The molecular formula is C17H23FN2O2. The van der Waals surface area contributed by atoms with Crippen LogP contribution < -0.4 is 0 Å². The third-order valence-electron chi connectivity index (χ3n) is 4.73. The van der Waals surface area contributed by atoms with Crippen molar-refractivity contribution in [2.45, 2.75) is 13.0 Å². The molecule has 5 heteroatoms. The van der Waals surface area contributed by atoms with Gasteiger partial charge < -0.3 is 9.64 Å². The Morgan fingerprint density at radius 1 is 1.27 bits per heavy atom. The summed E-state index contributed by atoms with van der Waals surface area (Å²) in [5.41, 5.74) is 1.02. The number of halogens is 1. The molecule has 4 nitrogen and oxygen atoms in total. The van der Waals surface area contributed by atoms with E-state index in [1.807, 2.05) is 11.0 Å². The number of methoxy groups -OCH3 is 1. The van der Waals surface area contributed by atoms with Crippen LogP contribution in [0.2, 0.25) is 0 Å². The summed E-state index contributed by atoms with van der Waals surface area (Å²) in [4.78, 5) is 16.4. The topological polar surface area (TPSA) is 32.8 Å². The largest absolute Gasteiger partial charge is 0.384 e. The first-order valence-corrected chi connectivity index (χ1v) is 7.89. The average Bonchev–Trinajstić information content (AvgIpc) is 3.03. The van der Waals surface area contributed by atoms with E-state index in [1.165, 1.54) is 6.07 Å². The molecule has 2 aliphatic rings. The zero-order chi connectivity index (χ0) is 15.5. The van der Waals surface area contributed by atoms with Crippen molar-refractivity contribution >= 4 is 5.91 Å². The van der Waals surface area contributed by atoms with Crippen molar-refractivity contribution in [2.75, 3.05) is 39.9 Å². The van der Waals surface area contributed by atoms with Gasteiger partial charge in [0.25, 0.3) is 0 Å². The van der Waals surface area contributed by atoms with Crippen LogP contribution in [0.4, 0.5) is 4.39 Å². The summed E-state index contributed by atoms with van der Waals surface area (Å²) in [5, 5.41) is 0. The molecule has 3 rings (SSSR count). The van der Waals surface area contributed by atoms with Crippen molar-refractivity contribution in [1.29, 1.82) is 0 Å². The minimum Gasteiger partial charge on any atom is -0.384 e. The molecule has 1 amide bonds. The van der Waals surface area contributed by atoms with Crippen LogP contribution in [0.5, 0.6) is 0 Å². The number of rotatable bonds is 5. The van der Waals surface area contributed by atoms with Crippen LogP contribution in [0.15, 0.2) is 24.3 Å². The smallest absolute Gasteiger partial charge is 0.224 e. The van der Waals surface area contributed by atoms with Gasteiger partial charge in [-0.05, 0) is 29.5 Å². The Labute approximate surface area is 130 Å². The van der Waals surface area contributed by atoms with Gasteiger partial charge in [-0.15, -0.1) is 0 Å². The van der Waals surface area contributed by atoms with Crippen LogP contribution in [-0.4, -0.2) is 55.6 Å². The van der Waals surface area contributed by atoms with Gasteiger partial charge in [-0.2, -0.15) is 0 Å². The molecular weight excluding hydrogens is 283 g/mol. The summed E-state index contributed by atoms with van der Waals surface area (Å²) < 4.78 is 18.2. The third-order valence-corrected chi connectivity index (χ3v) is 4.73. The molecule has 22 heavy (non-hydrogen) atoms. The lowest BCUT2D eigenvalue weighted by atomic mass is 10.0. The number of carbonyl (C=O) groups is 1. The number of fused-ring (bicyclic) bond motifs is 1. The van der Waals surface area contributed by atoms with Crippen molar-refractivity contribution in [3.05, 3.63) is 35.6 Å². The highest BCUT2D eigenvalue weighted by Gasteiger charge is 2.41. The molecule has 2 aliphatic heterocycles. The standard InChI is InChI=1S/C17H23FN2O2/c1-22-6-5-17(21)20-11-14-9-19(10-15(14)12-20)8-13-3-2-4-16(18)7-13/h2-4,7,14-15H,5-6,8-12H2,1H3. The zero-order valence-corrected chi connectivity index (χ0v) is 13.0. The number of hydrogen-bond donors (Lipinski definition) is 0. The molecule has 0 bridgehead atoms. The van der Waals surface area contributed by atoms with Gasteiger partial charge in [-0.1, -0.05) is 12.1 Å². The molecule has 1 aromatic rings. The Hall–Kier alpha value is -1.46. The molecule has 1 aromatic carbocycles. The first kappa shape index (κ1) is 15.4. The molecule has 2 fully saturated rings. The van der Waals surface area contributed by atoms with E-state index in [9.17, 15) is 9.18 Å². The Kier molecular flexibility index (Phi) is 4.74. The summed E-state index contributed by atoms with van der Waals surface area (Å²) in [6, 6.07) is 6.82. The normalized spacial score (nSPS) is 24.7. The van der Waals surface area contributed by atoms with E-state index in [1.54, 1.807) is 19.2 Å². The van der Waals surface area contributed by atoms with Gasteiger partial charge in [0.1, 0.15) is 5.82 Å². The minimum atomic E-state index is -0.174.